The lowest BCUT2D eigenvalue weighted by molar-refractivity contribution is -0.135. The largest absolute Gasteiger partial charge is 0.462 e. The Morgan fingerprint density at radius 3 is 2.56 bits per heavy atom. The highest BCUT2D eigenvalue weighted by molar-refractivity contribution is 7.27. The Labute approximate surface area is 230 Å². The number of ketones is 1. The minimum atomic E-state index is -0.575. The van der Waals surface area contributed by atoms with Crippen molar-refractivity contribution in [2.75, 3.05) is 6.61 Å². The number of nitrogens with one attached hydrogen (secondary N) is 2. The molecule has 7 heteroatoms. The molecule has 1 aliphatic rings. The van der Waals surface area contributed by atoms with E-state index in [0.29, 0.717) is 30.7 Å². The van der Waals surface area contributed by atoms with Gasteiger partial charge in [-0.3, -0.25) is 9.59 Å². The summed E-state index contributed by atoms with van der Waals surface area (Å²) >= 11 is 0. The molecule has 0 spiro atoms. The quantitative estimate of drug-likeness (QED) is 0.134. The summed E-state index contributed by atoms with van der Waals surface area (Å²) in [5, 5.41) is 6.25. The molecule has 39 heavy (non-hydrogen) atoms. The molecule has 0 bridgehead atoms. The number of carbonyl (C=O) groups is 3. The van der Waals surface area contributed by atoms with Crippen LogP contribution in [-0.2, 0) is 20.7 Å². The number of hydrogen-bond donors (Lipinski definition) is 2. The van der Waals surface area contributed by atoms with Crippen molar-refractivity contribution in [2.24, 2.45) is 5.92 Å². The fraction of sp³-hybridized carbons (Fsp3) is 0.219. The molecule has 3 unspecified atom stereocenters. The van der Waals surface area contributed by atoms with Crippen LogP contribution in [0, 0.1) is 5.92 Å². The molecule has 2 heterocycles. The van der Waals surface area contributed by atoms with Gasteiger partial charge < -0.3 is 15.0 Å². The summed E-state index contributed by atoms with van der Waals surface area (Å²) in [6, 6.07) is 25.4. The second-order valence-electron chi connectivity index (χ2n) is 9.96. The van der Waals surface area contributed by atoms with Crippen molar-refractivity contribution in [1.82, 2.24) is 10.3 Å². The lowest BCUT2D eigenvalue weighted by Crippen LogP contribution is -2.38. The van der Waals surface area contributed by atoms with E-state index in [9.17, 15) is 14.4 Å². The molecule has 1 aromatic heterocycles. The van der Waals surface area contributed by atoms with Crippen molar-refractivity contribution >= 4 is 43.0 Å². The maximum absolute atomic E-state index is 13.4. The van der Waals surface area contributed by atoms with Gasteiger partial charge in [0.25, 0.3) is 0 Å². The maximum atomic E-state index is 13.4. The van der Waals surface area contributed by atoms with E-state index in [4.69, 9.17) is 4.74 Å². The van der Waals surface area contributed by atoms with Gasteiger partial charge in [-0.05, 0) is 47.1 Å². The lowest BCUT2D eigenvalue weighted by atomic mass is 9.92. The molecule has 1 amide bonds. The first-order valence-electron chi connectivity index (χ1n) is 13.1. The zero-order valence-electron chi connectivity index (χ0n) is 21.8. The zero-order valence-corrected chi connectivity index (χ0v) is 22.9. The molecular weight excluding hydrogens is 507 g/mol. The first-order valence-corrected chi connectivity index (χ1v) is 13.7. The van der Waals surface area contributed by atoms with Crippen LogP contribution in [0.4, 0.5) is 0 Å². The van der Waals surface area contributed by atoms with Gasteiger partial charge in [0.05, 0.1) is 12.3 Å². The Morgan fingerprint density at radius 2 is 1.79 bits per heavy atom. The predicted octanol–water partition coefficient (Wildman–Crippen LogP) is 5.15. The predicted molar refractivity (Wildman–Crippen MR) is 157 cm³/mol. The van der Waals surface area contributed by atoms with Crippen molar-refractivity contribution in [1.29, 1.82) is 0 Å². The molecule has 3 atom stereocenters. The molecule has 198 valence electrons. The van der Waals surface area contributed by atoms with Gasteiger partial charge in [-0.1, -0.05) is 72.8 Å². The number of carbonyl (C=O) groups excluding carboxylic acids is 3. The highest BCUT2D eigenvalue weighted by Crippen LogP contribution is 2.28. The van der Waals surface area contributed by atoms with Crippen molar-refractivity contribution in [2.45, 2.75) is 32.2 Å². The molecule has 3 aromatic carbocycles. The van der Waals surface area contributed by atoms with Crippen LogP contribution in [0.25, 0.3) is 22.0 Å². The van der Waals surface area contributed by atoms with Crippen molar-refractivity contribution in [3.63, 3.8) is 0 Å². The Hall–Kier alpha value is -4.02. The normalized spacial score (nSPS) is 15.7. The molecule has 4 aromatic rings. The van der Waals surface area contributed by atoms with Crippen LogP contribution in [0.3, 0.4) is 0 Å². The number of amides is 1. The fourth-order valence-corrected chi connectivity index (χ4v) is 5.18. The van der Waals surface area contributed by atoms with Gasteiger partial charge in [0.15, 0.2) is 5.78 Å². The molecule has 0 saturated carbocycles. The van der Waals surface area contributed by atoms with E-state index in [2.05, 4.69) is 37.7 Å². The first-order chi connectivity index (χ1) is 18.9. The minimum Gasteiger partial charge on any atom is -0.462 e. The van der Waals surface area contributed by atoms with Crippen molar-refractivity contribution < 1.29 is 19.1 Å². The standard InChI is InChI=1S/C32H31N2O4P/c1-20(17-23-15-16-38-32(23)37)33-31(36)24(18-21-9-11-25(39)12-10-21)19-30(35)29-14-13-28(34-29)27-8-4-6-22-5-2-3-7-26(22)27/h2-14,17,20,24,34H,15-16,18-19,39H2,1H3,(H,33,36)/b23-17+. The van der Waals surface area contributed by atoms with Crippen molar-refractivity contribution in [3.05, 3.63) is 102 Å². The number of fused-ring (bicyclic) bond motifs is 1. The molecule has 5 rings (SSSR count). The van der Waals surface area contributed by atoms with E-state index in [0.717, 1.165) is 32.9 Å². The van der Waals surface area contributed by atoms with E-state index in [-0.39, 0.29) is 30.1 Å². The average molecular weight is 539 g/mol. The average Bonchev–Trinajstić information content (AvgIpc) is 3.58. The number of cyclic esters (lactones) is 1. The third kappa shape index (κ3) is 6.35. The number of rotatable bonds is 9. The smallest absolute Gasteiger partial charge is 0.333 e. The van der Waals surface area contributed by atoms with Gasteiger partial charge in [-0.2, -0.15) is 0 Å². The Balaban J connectivity index is 1.35. The molecule has 1 aliphatic heterocycles. The monoisotopic (exact) mass is 538 g/mol. The summed E-state index contributed by atoms with van der Waals surface area (Å²) in [6.07, 6.45) is 2.74. The number of benzene rings is 3. The number of aromatic nitrogens is 1. The Kier molecular flexibility index (Phi) is 8.04. The van der Waals surface area contributed by atoms with Crippen molar-refractivity contribution in [3.8, 4) is 11.3 Å². The van der Waals surface area contributed by atoms with Crippen LogP contribution in [0.1, 0.15) is 35.8 Å². The van der Waals surface area contributed by atoms with E-state index in [1.165, 1.54) is 0 Å². The molecule has 0 aliphatic carbocycles. The van der Waals surface area contributed by atoms with E-state index >= 15 is 0 Å². The Morgan fingerprint density at radius 1 is 1.03 bits per heavy atom. The van der Waals surface area contributed by atoms with Gasteiger partial charge >= 0.3 is 5.97 Å². The summed E-state index contributed by atoms with van der Waals surface area (Å²) in [5.74, 6) is -1.27. The highest BCUT2D eigenvalue weighted by atomic mass is 31.0. The summed E-state index contributed by atoms with van der Waals surface area (Å²) in [4.78, 5) is 41.9. The van der Waals surface area contributed by atoms with Crippen LogP contribution in [-0.4, -0.2) is 35.3 Å². The number of hydrogen-bond acceptors (Lipinski definition) is 4. The second kappa shape index (κ2) is 11.8. The van der Waals surface area contributed by atoms with Gasteiger partial charge in [-0.15, -0.1) is 9.24 Å². The van der Waals surface area contributed by atoms with Gasteiger partial charge in [0.2, 0.25) is 5.91 Å². The van der Waals surface area contributed by atoms with E-state index in [1.54, 1.807) is 12.1 Å². The number of H-pyrrole nitrogens is 1. The maximum Gasteiger partial charge on any atom is 0.333 e. The number of esters is 1. The summed E-state index contributed by atoms with van der Waals surface area (Å²) in [6.45, 7) is 2.19. The number of ether oxygens (including phenoxy) is 1. The lowest BCUT2D eigenvalue weighted by Gasteiger charge is -2.19. The third-order valence-electron chi connectivity index (χ3n) is 7.02. The Bertz CT molecular complexity index is 1550. The molecule has 1 fully saturated rings. The van der Waals surface area contributed by atoms with Gasteiger partial charge in [0, 0.05) is 41.6 Å². The second-order valence-corrected chi connectivity index (χ2v) is 10.6. The minimum absolute atomic E-state index is 0.0509. The summed E-state index contributed by atoms with van der Waals surface area (Å²) in [7, 11) is 2.65. The van der Waals surface area contributed by atoms with Crippen LogP contribution < -0.4 is 10.6 Å². The molecule has 6 nitrogen and oxygen atoms in total. The highest BCUT2D eigenvalue weighted by Gasteiger charge is 2.26. The SMILES string of the molecule is CC(/C=C1\CCOC1=O)NC(=O)C(CC(=O)c1ccc(-c2cccc3ccccc23)[nH]1)Cc1ccc(P)cc1. The van der Waals surface area contributed by atoms with Crippen LogP contribution in [0.15, 0.2) is 90.5 Å². The number of aromatic amines is 1. The van der Waals surface area contributed by atoms with Crippen LogP contribution in [0.2, 0.25) is 0 Å². The van der Waals surface area contributed by atoms with E-state index < -0.39 is 5.92 Å². The van der Waals surface area contributed by atoms with Gasteiger partial charge in [0.1, 0.15) is 0 Å². The topological polar surface area (TPSA) is 88.3 Å². The van der Waals surface area contributed by atoms with Crippen LogP contribution in [0.5, 0.6) is 0 Å². The first kappa shape index (κ1) is 26.6. The zero-order chi connectivity index (χ0) is 27.4. The number of Topliss-reactive ketones (excluding diaryl/α,β-unsaturated/α-hetero) is 1. The summed E-state index contributed by atoms with van der Waals surface area (Å²) in [5.41, 5.74) is 3.89. The van der Waals surface area contributed by atoms with E-state index in [1.807, 2.05) is 61.5 Å². The fourth-order valence-electron chi connectivity index (χ4n) is 4.99. The van der Waals surface area contributed by atoms with Gasteiger partial charge in [-0.25, -0.2) is 4.79 Å². The molecular formula is C32H31N2O4P. The molecule has 1 saturated heterocycles. The van der Waals surface area contributed by atoms with Crippen LogP contribution >= 0.6 is 9.24 Å². The molecule has 0 radical (unpaired) electrons. The molecule has 2 N–H and O–H groups in total. The third-order valence-corrected chi connectivity index (χ3v) is 7.40. The summed E-state index contributed by atoms with van der Waals surface area (Å²) < 4.78 is 5.00.